The number of ether oxygens (including phenoxy) is 1. The van der Waals surface area contributed by atoms with Crippen molar-refractivity contribution in [3.05, 3.63) is 23.7 Å². The number of methoxy groups -OCH3 is 1. The number of rotatable bonds is 6. The van der Waals surface area contributed by atoms with Crippen LogP contribution >= 0.6 is 0 Å². The molecular formula is C12H18N2O4. The number of amides is 1. The number of hydrogen-bond acceptors (Lipinski definition) is 5. The molecule has 1 atom stereocenters. The van der Waals surface area contributed by atoms with Gasteiger partial charge in [0.1, 0.15) is 5.76 Å². The average molecular weight is 254 g/mol. The van der Waals surface area contributed by atoms with Crippen LogP contribution in [0.25, 0.3) is 0 Å². The lowest BCUT2D eigenvalue weighted by Crippen LogP contribution is -2.44. The normalized spacial score (nSPS) is 12.4. The Bertz CT molecular complexity index is 425. The molecule has 0 saturated carbocycles. The number of carbonyl (C=O) groups excluding carboxylic acids is 2. The van der Waals surface area contributed by atoms with Crippen LogP contribution in [0.5, 0.6) is 0 Å². The zero-order chi connectivity index (χ0) is 13.7. The van der Waals surface area contributed by atoms with E-state index in [0.29, 0.717) is 12.3 Å². The molecule has 1 heterocycles. The zero-order valence-electron chi connectivity index (χ0n) is 10.7. The van der Waals surface area contributed by atoms with E-state index in [4.69, 9.17) is 10.2 Å². The van der Waals surface area contributed by atoms with E-state index in [1.54, 1.807) is 6.07 Å². The van der Waals surface area contributed by atoms with Gasteiger partial charge in [-0.25, -0.2) is 4.79 Å². The van der Waals surface area contributed by atoms with Gasteiger partial charge in [0, 0.05) is 0 Å². The third kappa shape index (κ3) is 3.59. The summed E-state index contributed by atoms with van der Waals surface area (Å²) in [5.74, 6) is -0.185. The van der Waals surface area contributed by atoms with Gasteiger partial charge in [0.15, 0.2) is 0 Å². The van der Waals surface area contributed by atoms with E-state index in [9.17, 15) is 9.59 Å². The monoisotopic (exact) mass is 254 g/mol. The van der Waals surface area contributed by atoms with Gasteiger partial charge in [-0.15, -0.1) is 0 Å². The molecule has 1 aromatic heterocycles. The minimum Gasteiger partial charge on any atom is -0.463 e. The summed E-state index contributed by atoms with van der Waals surface area (Å²) in [6.07, 6.45) is 0. The molecular weight excluding hydrogens is 236 g/mol. The van der Waals surface area contributed by atoms with Gasteiger partial charge in [-0.3, -0.25) is 10.1 Å². The van der Waals surface area contributed by atoms with Gasteiger partial charge in [0.25, 0.3) is 0 Å². The van der Waals surface area contributed by atoms with Crippen LogP contribution in [0.2, 0.25) is 0 Å². The highest BCUT2D eigenvalue weighted by atomic mass is 16.5. The molecule has 1 unspecified atom stereocenters. The maximum absolute atomic E-state index is 11.2. The van der Waals surface area contributed by atoms with Crippen LogP contribution in [0.1, 0.15) is 30.2 Å². The van der Waals surface area contributed by atoms with Crippen molar-refractivity contribution < 1.29 is 18.7 Å². The standard InChI is InChI=1S/C12H18N2O4/c1-7(2)10(11(13)15)14-6-8-4-5-9(18-8)12(16)17-3/h4-5,7,10,14H,6H2,1-3H3,(H2,13,15). The van der Waals surface area contributed by atoms with Crippen LogP contribution in [-0.2, 0) is 16.1 Å². The van der Waals surface area contributed by atoms with Crippen molar-refractivity contribution in [2.45, 2.75) is 26.4 Å². The second-order valence-electron chi connectivity index (χ2n) is 4.26. The smallest absolute Gasteiger partial charge is 0.373 e. The van der Waals surface area contributed by atoms with Crippen molar-refractivity contribution in [2.75, 3.05) is 7.11 Å². The number of nitrogens with one attached hydrogen (secondary N) is 1. The summed E-state index contributed by atoms with van der Waals surface area (Å²) in [5, 5.41) is 2.98. The summed E-state index contributed by atoms with van der Waals surface area (Å²) in [5.41, 5.74) is 5.27. The van der Waals surface area contributed by atoms with Crippen molar-refractivity contribution in [1.82, 2.24) is 5.32 Å². The van der Waals surface area contributed by atoms with E-state index in [1.807, 2.05) is 13.8 Å². The molecule has 0 aromatic carbocycles. The Morgan fingerprint density at radius 3 is 2.61 bits per heavy atom. The van der Waals surface area contributed by atoms with Crippen LogP contribution in [0.4, 0.5) is 0 Å². The Morgan fingerprint density at radius 1 is 1.44 bits per heavy atom. The Morgan fingerprint density at radius 2 is 2.11 bits per heavy atom. The predicted molar refractivity (Wildman–Crippen MR) is 64.7 cm³/mol. The fraction of sp³-hybridized carbons (Fsp3) is 0.500. The molecule has 6 nitrogen and oxygen atoms in total. The molecule has 0 spiro atoms. The van der Waals surface area contributed by atoms with Gasteiger partial charge in [0.2, 0.25) is 11.7 Å². The maximum Gasteiger partial charge on any atom is 0.373 e. The second-order valence-corrected chi connectivity index (χ2v) is 4.26. The average Bonchev–Trinajstić information content (AvgIpc) is 2.76. The number of carbonyl (C=O) groups is 2. The van der Waals surface area contributed by atoms with Crippen molar-refractivity contribution in [3.8, 4) is 0 Å². The van der Waals surface area contributed by atoms with Gasteiger partial charge in [0.05, 0.1) is 19.7 Å². The van der Waals surface area contributed by atoms with Gasteiger partial charge >= 0.3 is 5.97 Å². The van der Waals surface area contributed by atoms with Gasteiger partial charge in [-0.2, -0.15) is 0 Å². The SMILES string of the molecule is COC(=O)c1ccc(CNC(C(N)=O)C(C)C)o1. The number of primary amides is 1. The highest BCUT2D eigenvalue weighted by Gasteiger charge is 2.19. The Kier molecular flexibility index (Phi) is 4.91. The summed E-state index contributed by atoms with van der Waals surface area (Å²) < 4.78 is 9.78. The van der Waals surface area contributed by atoms with E-state index in [2.05, 4.69) is 10.1 Å². The molecule has 0 aliphatic rings. The first-order valence-corrected chi connectivity index (χ1v) is 5.65. The highest BCUT2D eigenvalue weighted by molar-refractivity contribution is 5.86. The molecule has 0 fully saturated rings. The van der Waals surface area contributed by atoms with Crippen LogP contribution in [0.3, 0.4) is 0 Å². The Labute approximate surface area is 105 Å². The van der Waals surface area contributed by atoms with Crippen LogP contribution < -0.4 is 11.1 Å². The topological polar surface area (TPSA) is 94.6 Å². The molecule has 1 rings (SSSR count). The molecule has 0 radical (unpaired) electrons. The largest absolute Gasteiger partial charge is 0.463 e. The van der Waals surface area contributed by atoms with E-state index < -0.39 is 17.9 Å². The first kappa shape index (κ1) is 14.2. The van der Waals surface area contributed by atoms with Crippen molar-refractivity contribution in [3.63, 3.8) is 0 Å². The third-order valence-electron chi connectivity index (χ3n) is 2.52. The van der Waals surface area contributed by atoms with Gasteiger partial charge in [-0.1, -0.05) is 13.8 Å². The van der Waals surface area contributed by atoms with E-state index in [-0.39, 0.29) is 11.7 Å². The number of furan rings is 1. The van der Waals surface area contributed by atoms with Crippen LogP contribution in [0.15, 0.2) is 16.5 Å². The molecule has 0 bridgehead atoms. The fourth-order valence-electron chi connectivity index (χ4n) is 1.56. The molecule has 0 aliphatic carbocycles. The summed E-state index contributed by atoms with van der Waals surface area (Å²) >= 11 is 0. The summed E-state index contributed by atoms with van der Waals surface area (Å²) in [6.45, 7) is 4.11. The molecule has 6 heteroatoms. The molecule has 0 saturated heterocycles. The molecule has 3 N–H and O–H groups in total. The molecule has 0 aliphatic heterocycles. The van der Waals surface area contributed by atoms with Gasteiger partial charge in [-0.05, 0) is 18.1 Å². The number of esters is 1. The molecule has 1 aromatic rings. The molecule has 1 amide bonds. The fourth-order valence-corrected chi connectivity index (χ4v) is 1.56. The van der Waals surface area contributed by atoms with Crippen molar-refractivity contribution >= 4 is 11.9 Å². The van der Waals surface area contributed by atoms with Crippen LogP contribution in [0, 0.1) is 5.92 Å². The summed E-state index contributed by atoms with van der Waals surface area (Å²) in [6, 6.07) is 2.74. The lowest BCUT2D eigenvalue weighted by Gasteiger charge is -2.17. The quantitative estimate of drug-likeness (QED) is 0.727. The van der Waals surface area contributed by atoms with Crippen LogP contribution in [-0.4, -0.2) is 25.0 Å². The first-order chi connectivity index (χ1) is 8.45. The van der Waals surface area contributed by atoms with E-state index in [0.717, 1.165) is 0 Å². The second kappa shape index (κ2) is 6.20. The number of hydrogen-bond donors (Lipinski definition) is 2. The Balaban J connectivity index is 2.60. The lowest BCUT2D eigenvalue weighted by molar-refractivity contribution is -0.121. The van der Waals surface area contributed by atoms with Crippen molar-refractivity contribution in [1.29, 1.82) is 0 Å². The van der Waals surface area contributed by atoms with E-state index in [1.165, 1.54) is 13.2 Å². The minimum atomic E-state index is -0.531. The predicted octanol–water partition coefficient (Wildman–Crippen LogP) is 0.666. The van der Waals surface area contributed by atoms with Crippen molar-refractivity contribution in [2.24, 2.45) is 11.7 Å². The van der Waals surface area contributed by atoms with E-state index >= 15 is 0 Å². The highest BCUT2D eigenvalue weighted by Crippen LogP contribution is 2.10. The number of nitrogens with two attached hydrogens (primary N) is 1. The zero-order valence-corrected chi connectivity index (χ0v) is 10.7. The third-order valence-corrected chi connectivity index (χ3v) is 2.52. The first-order valence-electron chi connectivity index (χ1n) is 5.65. The molecule has 100 valence electrons. The van der Waals surface area contributed by atoms with Gasteiger partial charge < -0.3 is 14.9 Å². The lowest BCUT2D eigenvalue weighted by atomic mass is 10.0. The maximum atomic E-state index is 11.2. The summed E-state index contributed by atoms with van der Waals surface area (Å²) in [4.78, 5) is 22.3. The summed E-state index contributed by atoms with van der Waals surface area (Å²) in [7, 11) is 1.28. The minimum absolute atomic E-state index is 0.0811. The Hall–Kier alpha value is -1.82. The molecule has 18 heavy (non-hydrogen) atoms.